The van der Waals surface area contributed by atoms with Crippen LogP contribution in [0, 0.1) is 0 Å². The number of amides is 1. The summed E-state index contributed by atoms with van der Waals surface area (Å²) in [5.41, 5.74) is 2.08. The second-order valence-electron chi connectivity index (χ2n) is 5.58. The third kappa shape index (κ3) is 3.54. The summed E-state index contributed by atoms with van der Waals surface area (Å²) in [6.45, 7) is 6.48. The zero-order valence-corrected chi connectivity index (χ0v) is 13.7. The van der Waals surface area contributed by atoms with Gasteiger partial charge in [0.2, 0.25) is 0 Å². The van der Waals surface area contributed by atoms with E-state index in [0.29, 0.717) is 0 Å². The van der Waals surface area contributed by atoms with Crippen LogP contribution < -0.4 is 0 Å². The van der Waals surface area contributed by atoms with Gasteiger partial charge in [-0.25, -0.2) is 0 Å². The molecular weight excluding hydrogens is 294 g/mol. The minimum atomic E-state index is 0.178. The molecule has 1 saturated heterocycles. The molecule has 1 fully saturated rings. The summed E-state index contributed by atoms with van der Waals surface area (Å²) in [5.74, 6) is 0.178. The van der Waals surface area contributed by atoms with Crippen LogP contribution >= 0.6 is 11.3 Å². The van der Waals surface area contributed by atoms with E-state index in [-0.39, 0.29) is 5.91 Å². The molecule has 1 aliphatic rings. The molecule has 0 unspecified atom stereocenters. The largest absolute Gasteiger partial charge is 0.336 e. The highest BCUT2D eigenvalue weighted by Crippen LogP contribution is 2.18. The second-order valence-corrected chi connectivity index (χ2v) is 6.58. The molecule has 0 bridgehead atoms. The van der Waals surface area contributed by atoms with Crippen LogP contribution in [0.3, 0.4) is 0 Å². The number of pyridine rings is 1. The van der Waals surface area contributed by atoms with Gasteiger partial charge in [0, 0.05) is 55.4 Å². The molecule has 2 aromatic heterocycles. The lowest BCUT2D eigenvalue weighted by atomic mass is 10.2. The predicted molar refractivity (Wildman–Crippen MR) is 89.1 cm³/mol. The molecule has 3 rings (SSSR count). The van der Waals surface area contributed by atoms with Gasteiger partial charge in [0.15, 0.2) is 0 Å². The number of carbonyl (C=O) groups excluding carboxylic acids is 1. The summed E-state index contributed by atoms with van der Waals surface area (Å²) in [5, 5.41) is 1.99. The van der Waals surface area contributed by atoms with E-state index >= 15 is 0 Å². The monoisotopic (exact) mass is 315 g/mol. The van der Waals surface area contributed by atoms with Gasteiger partial charge in [-0.2, -0.15) is 0 Å². The molecule has 1 amide bonds. The van der Waals surface area contributed by atoms with Crippen LogP contribution in [0.2, 0.25) is 0 Å². The van der Waals surface area contributed by atoms with E-state index in [4.69, 9.17) is 0 Å². The first-order valence-corrected chi connectivity index (χ1v) is 8.62. The number of hydrogen-bond acceptors (Lipinski definition) is 4. The van der Waals surface area contributed by atoms with Gasteiger partial charge in [0.05, 0.1) is 5.56 Å². The van der Waals surface area contributed by atoms with Crippen molar-refractivity contribution in [3.05, 3.63) is 52.0 Å². The van der Waals surface area contributed by atoms with Gasteiger partial charge in [-0.1, -0.05) is 13.0 Å². The SMILES string of the molecule is CCc1cc(C(=O)N2CCN(Cc3cccnc3)CC2)cs1. The van der Waals surface area contributed by atoms with Crippen molar-refractivity contribution in [1.29, 1.82) is 0 Å². The maximum Gasteiger partial charge on any atom is 0.254 e. The van der Waals surface area contributed by atoms with Gasteiger partial charge in [0.1, 0.15) is 0 Å². The van der Waals surface area contributed by atoms with Crippen molar-refractivity contribution >= 4 is 17.2 Å². The number of aryl methyl sites for hydroxylation is 1. The average molecular weight is 315 g/mol. The molecule has 0 spiro atoms. The van der Waals surface area contributed by atoms with E-state index in [1.54, 1.807) is 17.5 Å². The maximum atomic E-state index is 12.5. The molecule has 5 heteroatoms. The highest BCUT2D eigenvalue weighted by Gasteiger charge is 2.22. The highest BCUT2D eigenvalue weighted by molar-refractivity contribution is 7.10. The van der Waals surface area contributed by atoms with Crippen molar-refractivity contribution in [2.24, 2.45) is 0 Å². The summed E-state index contributed by atoms with van der Waals surface area (Å²) in [6.07, 6.45) is 4.71. The molecule has 3 heterocycles. The molecule has 0 atom stereocenters. The molecule has 0 saturated carbocycles. The fourth-order valence-electron chi connectivity index (χ4n) is 2.72. The van der Waals surface area contributed by atoms with E-state index in [2.05, 4.69) is 22.9 Å². The predicted octanol–water partition coefficient (Wildman–Crippen LogP) is 2.66. The van der Waals surface area contributed by atoms with E-state index in [9.17, 15) is 4.79 Å². The van der Waals surface area contributed by atoms with Gasteiger partial charge in [0.25, 0.3) is 5.91 Å². The fourth-order valence-corrected chi connectivity index (χ4v) is 3.53. The molecule has 0 radical (unpaired) electrons. The standard InChI is InChI=1S/C17H21N3OS/c1-2-16-10-15(13-22-16)17(21)20-8-6-19(7-9-20)12-14-4-3-5-18-11-14/h3-5,10-11,13H,2,6-9,12H2,1H3. The van der Waals surface area contributed by atoms with E-state index in [1.165, 1.54) is 10.4 Å². The number of carbonyl (C=O) groups is 1. The first kappa shape index (κ1) is 15.2. The van der Waals surface area contributed by atoms with E-state index in [1.807, 2.05) is 28.6 Å². The zero-order chi connectivity index (χ0) is 15.4. The van der Waals surface area contributed by atoms with Crippen LogP contribution in [0.25, 0.3) is 0 Å². The number of aromatic nitrogens is 1. The topological polar surface area (TPSA) is 36.4 Å². The lowest BCUT2D eigenvalue weighted by Gasteiger charge is -2.34. The smallest absolute Gasteiger partial charge is 0.254 e. The Labute approximate surface area is 135 Å². The number of piperazine rings is 1. The van der Waals surface area contributed by atoms with Crippen LogP contribution in [0.1, 0.15) is 27.7 Å². The molecule has 1 aliphatic heterocycles. The van der Waals surface area contributed by atoms with Gasteiger partial charge in [-0.15, -0.1) is 11.3 Å². The Hall–Kier alpha value is -1.72. The van der Waals surface area contributed by atoms with Crippen molar-refractivity contribution in [3.8, 4) is 0 Å². The van der Waals surface area contributed by atoms with Crippen molar-refractivity contribution in [1.82, 2.24) is 14.8 Å². The van der Waals surface area contributed by atoms with Gasteiger partial charge < -0.3 is 4.90 Å². The Bertz CT molecular complexity index is 618. The Morgan fingerprint density at radius 2 is 2.14 bits per heavy atom. The van der Waals surface area contributed by atoms with E-state index in [0.717, 1.165) is 44.7 Å². The van der Waals surface area contributed by atoms with E-state index < -0.39 is 0 Å². The number of hydrogen-bond donors (Lipinski definition) is 0. The van der Waals surface area contributed by atoms with Crippen molar-refractivity contribution in [3.63, 3.8) is 0 Å². The quantitative estimate of drug-likeness (QED) is 0.870. The molecule has 0 aromatic carbocycles. The van der Waals surface area contributed by atoms with Gasteiger partial charge >= 0.3 is 0 Å². The lowest BCUT2D eigenvalue weighted by Crippen LogP contribution is -2.48. The molecule has 0 N–H and O–H groups in total. The summed E-state index contributed by atoms with van der Waals surface area (Å²) in [7, 11) is 0. The van der Waals surface area contributed by atoms with Gasteiger partial charge in [-0.3, -0.25) is 14.7 Å². The number of rotatable bonds is 4. The molecule has 4 nitrogen and oxygen atoms in total. The average Bonchev–Trinajstić information content (AvgIpc) is 3.05. The number of nitrogens with zero attached hydrogens (tertiary/aromatic N) is 3. The first-order valence-electron chi connectivity index (χ1n) is 7.74. The second kappa shape index (κ2) is 7.03. The normalized spacial score (nSPS) is 16.0. The Balaban J connectivity index is 1.54. The molecule has 2 aromatic rings. The fraction of sp³-hybridized carbons (Fsp3) is 0.412. The summed E-state index contributed by atoms with van der Waals surface area (Å²) >= 11 is 1.68. The Morgan fingerprint density at radius 1 is 1.32 bits per heavy atom. The molecular formula is C17H21N3OS. The molecule has 116 valence electrons. The van der Waals surface area contributed by atoms with Crippen molar-refractivity contribution < 1.29 is 4.79 Å². The highest BCUT2D eigenvalue weighted by atomic mass is 32.1. The maximum absolute atomic E-state index is 12.5. The minimum absolute atomic E-state index is 0.178. The van der Waals surface area contributed by atoms with Crippen LogP contribution in [0.15, 0.2) is 36.0 Å². The van der Waals surface area contributed by atoms with Crippen LogP contribution in [-0.4, -0.2) is 46.9 Å². The van der Waals surface area contributed by atoms with Crippen LogP contribution in [0.4, 0.5) is 0 Å². The van der Waals surface area contributed by atoms with Crippen LogP contribution in [0.5, 0.6) is 0 Å². The van der Waals surface area contributed by atoms with Crippen molar-refractivity contribution in [2.75, 3.05) is 26.2 Å². The third-order valence-electron chi connectivity index (χ3n) is 4.04. The summed E-state index contributed by atoms with van der Waals surface area (Å²) in [6, 6.07) is 6.11. The Kier molecular flexibility index (Phi) is 4.85. The minimum Gasteiger partial charge on any atom is -0.336 e. The molecule has 0 aliphatic carbocycles. The number of thiophene rings is 1. The Morgan fingerprint density at radius 3 is 2.77 bits per heavy atom. The van der Waals surface area contributed by atoms with Crippen molar-refractivity contribution in [2.45, 2.75) is 19.9 Å². The van der Waals surface area contributed by atoms with Gasteiger partial charge in [-0.05, 0) is 24.1 Å². The van der Waals surface area contributed by atoms with Crippen LogP contribution in [-0.2, 0) is 13.0 Å². The first-order chi connectivity index (χ1) is 10.8. The summed E-state index contributed by atoms with van der Waals surface area (Å²) in [4.78, 5) is 22.3. The summed E-state index contributed by atoms with van der Waals surface area (Å²) < 4.78 is 0. The molecule has 22 heavy (non-hydrogen) atoms. The zero-order valence-electron chi connectivity index (χ0n) is 12.9. The lowest BCUT2D eigenvalue weighted by molar-refractivity contribution is 0.0629. The third-order valence-corrected chi connectivity index (χ3v) is 5.12.